The van der Waals surface area contributed by atoms with Crippen LogP contribution in [0.15, 0.2) is 22.8 Å². The van der Waals surface area contributed by atoms with Gasteiger partial charge in [0.2, 0.25) is 10.0 Å². The van der Waals surface area contributed by atoms with E-state index < -0.39 is 10.0 Å². The van der Waals surface area contributed by atoms with Crippen LogP contribution in [0.3, 0.4) is 0 Å². The molecule has 0 unspecified atom stereocenters. The minimum absolute atomic E-state index is 0.382. The summed E-state index contributed by atoms with van der Waals surface area (Å²) in [6, 6.07) is 5.67. The summed E-state index contributed by atoms with van der Waals surface area (Å²) in [7, 11) is -3.09. The second-order valence-corrected chi connectivity index (χ2v) is 5.94. The lowest BCUT2D eigenvalue weighted by Crippen LogP contribution is -2.30. The van der Waals surface area contributed by atoms with Gasteiger partial charge in [-0.25, -0.2) is 18.1 Å². The topological polar surface area (TPSA) is 71.1 Å². The van der Waals surface area contributed by atoms with Crippen LogP contribution in [-0.2, 0) is 16.6 Å². The molecule has 0 bridgehead atoms. The normalized spacial score (nSPS) is 11.6. The first-order valence-electron chi connectivity index (χ1n) is 4.74. The minimum Gasteiger partial charge on any atom is -0.310 e. The quantitative estimate of drug-likeness (QED) is 0.592. The fraction of sp³-hybridized carbons (Fsp3) is 0.444. The molecule has 0 aromatic carbocycles. The molecule has 0 atom stereocenters. The van der Waals surface area contributed by atoms with E-state index in [-0.39, 0.29) is 0 Å². The minimum atomic E-state index is -3.09. The van der Waals surface area contributed by atoms with Gasteiger partial charge < -0.3 is 5.32 Å². The number of nitrogens with zero attached hydrogens (tertiary/aromatic N) is 1. The standard InChI is InChI=1S/C9H14BrN3O2S/c1-16(14,15)12-6-5-11-7-8-3-2-4-9(10)13-8/h2-4,11-12H,5-7H2,1H3. The lowest BCUT2D eigenvalue weighted by molar-refractivity contribution is 0.581. The number of halogens is 1. The third-order valence-corrected chi connectivity index (χ3v) is 2.92. The van der Waals surface area contributed by atoms with Crippen molar-refractivity contribution in [1.29, 1.82) is 0 Å². The number of hydrogen-bond acceptors (Lipinski definition) is 4. The van der Waals surface area contributed by atoms with Gasteiger partial charge in [-0.15, -0.1) is 0 Å². The fourth-order valence-electron chi connectivity index (χ4n) is 1.09. The van der Waals surface area contributed by atoms with Crippen LogP contribution in [0.2, 0.25) is 0 Å². The van der Waals surface area contributed by atoms with E-state index in [0.717, 1.165) is 16.6 Å². The highest BCUT2D eigenvalue weighted by atomic mass is 79.9. The number of nitrogens with one attached hydrogen (secondary N) is 2. The molecule has 5 nitrogen and oxygen atoms in total. The summed E-state index contributed by atoms with van der Waals surface area (Å²) in [6.07, 6.45) is 1.14. The van der Waals surface area contributed by atoms with Crippen LogP contribution >= 0.6 is 15.9 Å². The first-order valence-corrected chi connectivity index (χ1v) is 7.42. The van der Waals surface area contributed by atoms with Crippen molar-refractivity contribution in [3.8, 4) is 0 Å². The van der Waals surface area contributed by atoms with Crippen molar-refractivity contribution in [3.05, 3.63) is 28.5 Å². The fourth-order valence-corrected chi connectivity index (χ4v) is 1.94. The molecule has 0 radical (unpaired) electrons. The van der Waals surface area contributed by atoms with Crippen LogP contribution in [0.1, 0.15) is 5.69 Å². The molecule has 1 heterocycles. The van der Waals surface area contributed by atoms with Crippen LogP contribution in [0.25, 0.3) is 0 Å². The number of sulfonamides is 1. The van der Waals surface area contributed by atoms with Crippen LogP contribution in [0.5, 0.6) is 0 Å². The molecule has 0 aliphatic rings. The molecule has 0 aliphatic heterocycles. The maximum absolute atomic E-state index is 10.8. The van der Waals surface area contributed by atoms with Crippen molar-refractivity contribution >= 4 is 26.0 Å². The SMILES string of the molecule is CS(=O)(=O)NCCNCc1cccc(Br)n1. The van der Waals surface area contributed by atoms with Crippen LogP contribution < -0.4 is 10.0 Å². The largest absolute Gasteiger partial charge is 0.310 e. The van der Waals surface area contributed by atoms with Gasteiger partial charge >= 0.3 is 0 Å². The number of rotatable bonds is 6. The smallest absolute Gasteiger partial charge is 0.208 e. The van der Waals surface area contributed by atoms with E-state index in [1.54, 1.807) is 0 Å². The molecular formula is C9H14BrN3O2S. The molecule has 0 saturated heterocycles. The van der Waals surface area contributed by atoms with Gasteiger partial charge in [0, 0.05) is 19.6 Å². The second-order valence-electron chi connectivity index (χ2n) is 3.29. The Morgan fingerprint density at radius 1 is 1.38 bits per heavy atom. The average molecular weight is 308 g/mol. The summed E-state index contributed by atoms with van der Waals surface area (Å²) in [6.45, 7) is 1.57. The molecule has 7 heteroatoms. The zero-order chi connectivity index (χ0) is 12.0. The summed E-state index contributed by atoms with van der Waals surface area (Å²) in [5.41, 5.74) is 0.911. The summed E-state index contributed by atoms with van der Waals surface area (Å²) >= 11 is 3.28. The van der Waals surface area contributed by atoms with E-state index in [9.17, 15) is 8.42 Å². The van der Waals surface area contributed by atoms with E-state index in [2.05, 4.69) is 31.0 Å². The molecule has 0 fully saturated rings. The molecule has 16 heavy (non-hydrogen) atoms. The Kier molecular flexibility index (Phi) is 5.33. The van der Waals surface area contributed by atoms with Gasteiger partial charge in [0.25, 0.3) is 0 Å². The molecule has 0 aliphatic carbocycles. The predicted octanol–water partition coefficient (Wildman–Crippen LogP) is 0.483. The summed E-state index contributed by atoms with van der Waals surface area (Å²) in [5, 5.41) is 3.09. The van der Waals surface area contributed by atoms with Gasteiger partial charge in [0.05, 0.1) is 11.9 Å². The molecule has 90 valence electrons. The van der Waals surface area contributed by atoms with Gasteiger partial charge in [-0.2, -0.15) is 0 Å². The van der Waals surface area contributed by atoms with E-state index in [0.29, 0.717) is 19.6 Å². The van der Waals surface area contributed by atoms with Crippen molar-refractivity contribution in [2.45, 2.75) is 6.54 Å². The third-order valence-electron chi connectivity index (χ3n) is 1.74. The highest BCUT2D eigenvalue weighted by Gasteiger charge is 1.99. The number of hydrogen-bond donors (Lipinski definition) is 2. The third kappa shape index (κ3) is 6.16. The van der Waals surface area contributed by atoms with Gasteiger partial charge in [-0.05, 0) is 28.1 Å². The van der Waals surface area contributed by atoms with Crippen molar-refractivity contribution in [1.82, 2.24) is 15.0 Å². The Morgan fingerprint density at radius 2 is 2.12 bits per heavy atom. The maximum atomic E-state index is 10.8. The first kappa shape index (κ1) is 13.6. The maximum Gasteiger partial charge on any atom is 0.208 e. The lowest BCUT2D eigenvalue weighted by atomic mass is 10.3. The number of pyridine rings is 1. The van der Waals surface area contributed by atoms with Crippen molar-refractivity contribution < 1.29 is 8.42 Å². The summed E-state index contributed by atoms with van der Waals surface area (Å²) in [5.74, 6) is 0. The monoisotopic (exact) mass is 307 g/mol. The highest BCUT2D eigenvalue weighted by Crippen LogP contribution is 2.05. The van der Waals surface area contributed by atoms with E-state index in [1.165, 1.54) is 0 Å². The zero-order valence-corrected chi connectivity index (χ0v) is 11.3. The second kappa shape index (κ2) is 6.29. The summed E-state index contributed by atoms with van der Waals surface area (Å²) in [4.78, 5) is 4.24. The molecule has 0 amide bonds. The molecule has 0 spiro atoms. The summed E-state index contributed by atoms with van der Waals surface area (Å²) < 4.78 is 24.7. The van der Waals surface area contributed by atoms with E-state index >= 15 is 0 Å². The van der Waals surface area contributed by atoms with Crippen molar-refractivity contribution in [2.75, 3.05) is 19.3 Å². The average Bonchev–Trinajstić information content (AvgIpc) is 2.15. The molecule has 1 aromatic heterocycles. The molecule has 2 N–H and O–H groups in total. The first-order chi connectivity index (χ1) is 7.47. The van der Waals surface area contributed by atoms with Gasteiger partial charge in [0.1, 0.15) is 4.60 Å². The van der Waals surface area contributed by atoms with E-state index in [1.807, 2.05) is 18.2 Å². The van der Waals surface area contributed by atoms with Gasteiger partial charge in [0.15, 0.2) is 0 Å². The Hall–Kier alpha value is -0.500. The van der Waals surface area contributed by atoms with E-state index in [4.69, 9.17) is 0 Å². The molecule has 1 rings (SSSR count). The Labute approximate surface area is 104 Å². The van der Waals surface area contributed by atoms with Crippen molar-refractivity contribution in [2.24, 2.45) is 0 Å². The van der Waals surface area contributed by atoms with Gasteiger partial charge in [-0.1, -0.05) is 6.07 Å². The van der Waals surface area contributed by atoms with Gasteiger partial charge in [-0.3, -0.25) is 0 Å². The Morgan fingerprint density at radius 3 is 2.75 bits per heavy atom. The molecule has 0 saturated carbocycles. The van der Waals surface area contributed by atoms with Crippen molar-refractivity contribution in [3.63, 3.8) is 0 Å². The molecular weight excluding hydrogens is 294 g/mol. The van der Waals surface area contributed by atoms with Crippen LogP contribution in [0.4, 0.5) is 0 Å². The highest BCUT2D eigenvalue weighted by molar-refractivity contribution is 9.10. The Balaban J connectivity index is 2.21. The van der Waals surface area contributed by atoms with Crippen LogP contribution in [-0.4, -0.2) is 32.7 Å². The Bertz CT molecular complexity index is 436. The molecule has 1 aromatic rings. The van der Waals surface area contributed by atoms with Crippen LogP contribution in [0, 0.1) is 0 Å². The predicted molar refractivity (Wildman–Crippen MR) is 66.5 cm³/mol. The lowest BCUT2D eigenvalue weighted by Gasteiger charge is -2.05. The number of aromatic nitrogens is 1. The zero-order valence-electron chi connectivity index (χ0n) is 8.90.